The first-order chi connectivity index (χ1) is 9.30. The molecule has 0 amide bonds. The third-order valence-electron chi connectivity index (χ3n) is 2.67. The second-order valence-electron chi connectivity index (χ2n) is 3.87. The Balaban J connectivity index is 2.14. The number of methoxy groups -OCH3 is 1. The summed E-state index contributed by atoms with van der Waals surface area (Å²) in [6.07, 6.45) is 0. The monoisotopic (exact) mass is 256 g/mol. The van der Waals surface area contributed by atoms with Gasteiger partial charge in [0, 0.05) is 12.4 Å². The van der Waals surface area contributed by atoms with Crippen molar-refractivity contribution in [1.29, 1.82) is 0 Å². The Morgan fingerprint density at radius 1 is 1.16 bits per heavy atom. The quantitative estimate of drug-likeness (QED) is 0.775. The second kappa shape index (κ2) is 4.56. The molecule has 1 aromatic carbocycles. The normalized spacial score (nSPS) is 10.6. The van der Waals surface area contributed by atoms with Crippen molar-refractivity contribution in [1.82, 2.24) is 15.0 Å². The molecule has 6 heteroatoms. The summed E-state index contributed by atoms with van der Waals surface area (Å²) in [6.45, 7) is 0. The van der Waals surface area contributed by atoms with E-state index in [1.165, 1.54) is 7.11 Å². The van der Waals surface area contributed by atoms with E-state index >= 15 is 0 Å². The van der Waals surface area contributed by atoms with Crippen molar-refractivity contribution in [2.24, 2.45) is 0 Å². The lowest BCUT2D eigenvalue weighted by atomic mass is 10.2. The number of rotatable bonds is 3. The Hall–Kier alpha value is -2.63. The van der Waals surface area contributed by atoms with Crippen LogP contribution in [0.4, 0.5) is 5.95 Å². The van der Waals surface area contributed by atoms with Crippen LogP contribution in [0, 0.1) is 0 Å². The molecule has 0 bridgehead atoms. The van der Waals surface area contributed by atoms with Crippen molar-refractivity contribution < 1.29 is 9.15 Å². The molecule has 96 valence electrons. The highest BCUT2D eigenvalue weighted by Crippen LogP contribution is 2.26. The fourth-order valence-electron chi connectivity index (χ4n) is 1.76. The van der Waals surface area contributed by atoms with E-state index in [1.807, 2.05) is 30.3 Å². The summed E-state index contributed by atoms with van der Waals surface area (Å²) < 4.78 is 10.8. The molecule has 0 saturated carbocycles. The molecule has 0 aliphatic heterocycles. The zero-order valence-electron chi connectivity index (χ0n) is 10.5. The average molecular weight is 256 g/mol. The molecular formula is C13H12N4O2. The van der Waals surface area contributed by atoms with Gasteiger partial charge in [0.25, 0.3) is 0 Å². The van der Waals surface area contributed by atoms with Gasteiger partial charge in [-0.1, -0.05) is 18.2 Å². The van der Waals surface area contributed by atoms with Gasteiger partial charge in [0.1, 0.15) is 5.58 Å². The van der Waals surface area contributed by atoms with Crippen LogP contribution in [0.5, 0.6) is 6.01 Å². The van der Waals surface area contributed by atoms with E-state index in [-0.39, 0.29) is 6.01 Å². The number of hydrogen-bond donors (Lipinski definition) is 1. The topological polar surface area (TPSA) is 73.1 Å². The van der Waals surface area contributed by atoms with Gasteiger partial charge in [0.2, 0.25) is 11.8 Å². The molecular weight excluding hydrogens is 244 g/mol. The van der Waals surface area contributed by atoms with Crippen LogP contribution in [-0.4, -0.2) is 29.1 Å². The standard InChI is InChI=1S/C13H12N4O2/c1-14-12-15-11(16-13(17-12)18-2)10-7-8-5-3-4-6-9(8)19-10/h3-7H,1-2H3,(H,14,15,16,17). The number of nitrogens with zero attached hydrogens (tertiary/aromatic N) is 3. The molecule has 2 aromatic heterocycles. The average Bonchev–Trinajstić information content (AvgIpc) is 2.90. The van der Waals surface area contributed by atoms with E-state index in [4.69, 9.17) is 9.15 Å². The van der Waals surface area contributed by atoms with Crippen molar-refractivity contribution in [3.63, 3.8) is 0 Å². The minimum absolute atomic E-state index is 0.245. The van der Waals surface area contributed by atoms with Crippen molar-refractivity contribution in [2.45, 2.75) is 0 Å². The third kappa shape index (κ3) is 2.08. The first kappa shape index (κ1) is 11.5. The Morgan fingerprint density at radius 3 is 2.74 bits per heavy atom. The molecule has 6 nitrogen and oxygen atoms in total. The number of nitrogens with one attached hydrogen (secondary N) is 1. The van der Waals surface area contributed by atoms with Crippen LogP contribution in [0.25, 0.3) is 22.6 Å². The third-order valence-corrected chi connectivity index (χ3v) is 2.67. The summed E-state index contributed by atoms with van der Waals surface area (Å²) >= 11 is 0. The number of benzene rings is 1. The van der Waals surface area contributed by atoms with Crippen LogP contribution in [0.2, 0.25) is 0 Å². The molecule has 0 atom stereocenters. The largest absolute Gasteiger partial charge is 0.467 e. The Bertz CT molecular complexity index is 668. The smallest absolute Gasteiger partial charge is 0.321 e. The molecule has 0 aliphatic rings. The maximum Gasteiger partial charge on any atom is 0.321 e. The van der Waals surface area contributed by atoms with E-state index < -0.39 is 0 Å². The van der Waals surface area contributed by atoms with Gasteiger partial charge >= 0.3 is 6.01 Å². The number of fused-ring (bicyclic) bond motifs is 1. The van der Waals surface area contributed by atoms with Crippen LogP contribution in [0.3, 0.4) is 0 Å². The van der Waals surface area contributed by atoms with E-state index in [0.717, 1.165) is 11.0 Å². The van der Waals surface area contributed by atoms with Gasteiger partial charge in [0.05, 0.1) is 7.11 Å². The van der Waals surface area contributed by atoms with Crippen LogP contribution in [0.1, 0.15) is 0 Å². The zero-order chi connectivity index (χ0) is 13.2. The fourth-order valence-corrected chi connectivity index (χ4v) is 1.76. The molecule has 1 N–H and O–H groups in total. The van der Waals surface area contributed by atoms with E-state index in [2.05, 4.69) is 20.3 Å². The molecule has 0 spiro atoms. The van der Waals surface area contributed by atoms with Gasteiger partial charge in [-0.15, -0.1) is 0 Å². The minimum atomic E-state index is 0.245. The number of ether oxygens (including phenoxy) is 1. The lowest BCUT2D eigenvalue weighted by Gasteiger charge is -2.03. The summed E-state index contributed by atoms with van der Waals surface area (Å²) in [7, 11) is 3.24. The minimum Gasteiger partial charge on any atom is -0.467 e. The van der Waals surface area contributed by atoms with E-state index in [0.29, 0.717) is 17.5 Å². The van der Waals surface area contributed by atoms with Crippen molar-refractivity contribution >= 4 is 16.9 Å². The molecule has 3 aromatic rings. The van der Waals surface area contributed by atoms with Crippen molar-refractivity contribution in [3.8, 4) is 17.6 Å². The second-order valence-corrected chi connectivity index (χ2v) is 3.87. The molecule has 2 heterocycles. The molecule has 19 heavy (non-hydrogen) atoms. The Labute approximate surface area is 109 Å². The molecule has 0 aliphatic carbocycles. The summed E-state index contributed by atoms with van der Waals surface area (Å²) in [5.74, 6) is 1.45. The fraction of sp³-hybridized carbons (Fsp3) is 0.154. The first-order valence-corrected chi connectivity index (χ1v) is 5.77. The highest BCUT2D eigenvalue weighted by atomic mass is 16.5. The van der Waals surface area contributed by atoms with Crippen LogP contribution in [0.15, 0.2) is 34.7 Å². The molecule has 3 rings (SSSR count). The SMILES string of the molecule is CNc1nc(OC)nc(-c2cc3ccccc3o2)n1. The summed E-state index contributed by atoms with van der Waals surface area (Å²) in [4.78, 5) is 12.5. The van der Waals surface area contributed by atoms with E-state index in [1.54, 1.807) is 7.05 Å². The van der Waals surface area contributed by atoms with Gasteiger partial charge < -0.3 is 14.5 Å². The van der Waals surface area contributed by atoms with Crippen molar-refractivity contribution in [3.05, 3.63) is 30.3 Å². The molecule has 0 radical (unpaired) electrons. The molecule has 0 saturated heterocycles. The first-order valence-electron chi connectivity index (χ1n) is 5.77. The number of hydrogen-bond acceptors (Lipinski definition) is 6. The predicted molar refractivity (Wildman–Crippen MR) is 71.1 cm³/mol. The van der Waals surface area contributed by atoms with Gasteiger partial charge in [-0.3, -0.25) is 0 Å². The summed E-state index contributed by atoms with van der Waals surface area (Å²) in [5.41, 5.74) is 0.794. The van der Waals surface area contributed by atoms with Crippen molar-refractivity contribution in [2.75, 3.05) is 19.5 Å². The number of furan rings is 1. The van der Waals surface area contributed by atoms with Gasteiger partial charge in [-0.25, -0.2) is 0 Å². The Morgan fingerprint density at radius 2 is 2.00 bits per heavy atom. The van der Waals surface area contributed by atoms with Crippen LogP contribution >= 0.6 is 0 Å². The van der Waals surface area contributed by atoms with Gasteiger partial charge in [-0.05, 0) is 12.1 Å². The highest BCUT2D eigenvalue weighted by molar-refractivity contribution is 5.81. The van der Waals surface area contributed by atoms with Gasteiger partial charge in [-0.2, -0.15) is 15.0 Å². The number of anilines is 1. The zero-order valence-corrected chi connectivity index (χ0v) is 10.5. The summed E-state index contributed by atoms with van der Waals surface area (Å²) in [5, 5.41) is 3.86. The number of aromatic nitrogens is 3. The number of para-hydroxylation sites is 1. The lowest BCUT2D eigenvalue weighted by Crippen LogP contribution is -2.02. The maximum atomic E-state index is 5.72. The van der Waals surface area contributed by atoms with E-state index in [9.17, 15) is 0 Å². The maximum absolute atomic E-state index is 5.72. The highest BCUT2D eigenvalue weighted by Gasteiger charge is 2.12. The Kier molecular flexibility index (Phi) is 2.75. The summed E-state index contributed by atoms with van der Waals surface area (Å²) in [6, 6.07) is 9.88. The van der Waals surface area contributed by atoms with Gasteiger partial charge in [0.15, 0.2) is 5.76 Å². The molecule has 0 fully saturated rings. The predicted octanol–water partition coefficient (Wildman–Crippen LogP) is 2.34. The van der Waals surface area contributed by atoms with Crippen LogP contribution in [-0.2, 0) is 0 Å². The van der Waals surface area contributed by atoms with Crippen LogP contribution < -0.4 is 10.1 Å². The lowest BCUT2D eigenvalue weighted by molar-refractivity contribution is 0.379. The molecule has 0 unspecified atom stereocenters.